The summed E-state index contributed by atoms with van der Waals surface area (Å²) < 4.78 is 0. The Morgan fingerprint density at radius 1 is 1.29 bits per heavy atom. The first kappa shape index (κ1) is 13.5. The van der Waals surface area contributed by atoms with Gasteiger partial charge in [-0.3, -0.25) is 9.78 Å². The van der Waals surface area contributed by atoms with Gasteiger partial charge in [0.25, 0.3) is 0 Å². The van der Waals surface area contributed by atoms with Crippen molar-refractivity contribution in [2.24, 2.45) is 0 Å². The van der Waals surface area contributed by atoms with E-state index in [1.165, 1.54) is 0 Å². The monoisotopic (exact) mass is 283 g/mol. The Labute approximate surface area is 123 Å². The molecule has 1 fully saturated rings. The largest absolute Gasteiger partial charge is 0.352 e. The maximum atomic E-state index is 11.1. The summed E-state index contributed by atoms with van der Waals surface area (Å²) in [5.74, 6) is 0.713. The predicted octanol–water partition coefficient (Wildman–Crippen LogP) is 1.25. The number of amides is 1. The molecule has 6 heteroatoms. The predicted molar refractivity (Wildman–Crippen MR) is 79.7 cm³/mol. The lowest BCUT2D eigenvalue weighted by molar-refractivity contribution is -0.119. The molecule has 0 saturated carbocycles. The topological polar surface area (TPSA) is 71.0 Å². The molecule has 0 aliphatic carbocycles. The first-order chi connectivity index (χ1) is 10.2. The molecule has 1 amide bonds. The molecule has 6 nitrogen and oxygen atoms in total. The molecule has 3 heterocycles. The number of carbonyl (C=O) groups excluding carboxylic acids is 1. The van der Waals surface area contributed by atoms with Crippen LogP contribution in [0.25, 0.3) is 11.3 Å². The van der Waals surface area contributed by atoms with Crippen LogP contribution >= 0.6 is 0 Å². The van der Waals surface area contributed by atoms with E-state index in [-0.39, 0.29) is 11.9 Å². The molecule has 1 aliphatic heterocycles. The molecule has 21 heavy (non-hydrogen) atoms. The fraction of sp³-hybridized carbons (Fsp3) is 0.333. The van der Waals surface area contributed by atoms with Crippen molar-refractivity contribution in [3.63, 3.8) is 0 Å². The number of nitrogens with zero attached hydrogens (tertiary/aromatic N) is 4. The smallest absolute Gasteiger partial charge is 0.225 e. The van der Waals surface area contributed by atoms with E-state index in [2.05, 4.69) is 25.2 Å². The van der Waals surface area contributed by atoms with Gasteiger partial charge in [-0.25, -0.2) is 9.97 Å². The van der Waals surface area contributed by atoms with Crippen LogP contribution in [0, 0.1) is 0 Å². The number of hydrogen-bond acceptors (Lipinski definition) is 5. The summed E-state index contributed by atoms with van der Waals surface area (Å²) in [7, 11) is 0. The van der Waals surface area contributed by atoms with Crippen molar-refractivity contribution in [2.45, 2.75) is 19.4 Å². The van der Waals surface area contributed by atoms with Crippen molar-refractivity contribution in [1.29, 1.82) is 0 Å². The highest BCUT2D eigenvalue weighted by atomic mass is 16.1. The van der Waals surface area contributed by atoms with Gasteiger partial charge < -0.3 is 10.2 Å². The third kappa shape index (κ3) is 3.16. The van der Waals surface area contributed by atoms with E-state index in [0.717, 1.165) is 30.8 Å². The van der Waals surface area contributed by atoms with Gasteiger partial charge in [0, 0.05) is 50.2 Å². The SMILES string of the molecule is CC(=O)N[C@@H]1CCN(c2nccc(-c3ccncc3)n2)C1. The molecule has 108 valence electrons. The summed E-state index contributed by atoms with van der Waals surface area (Å²) in [5.41, 5.74) is 1.90. The minimum Gasteiger partial charge on any atom is -0.352 e. The summed E-state index contributed by atoms with van der Waals surface area (Å²) in [6, 6.07) is 5.92. The number of nitrogens with one attached hydrogen (secondary N) is 1. The summed E-state index contributed by atoms with van der Waals surface area (Å²) in [5, 5.41) is 2.94. The second kappa shape index (κ2) is 5.87. The molecule has 1 aliphatic rings. The van der Waals surface area contributed by atoms with Crippen molar-refractivity contribution in [3.8, 4) is 11.3 Å². The Hall–Kier alpha value is -2.50. The van der Waals surface area contributed by atoms with Crippen LogP contribution in [0.5, 0.6) is 0 Å². The van der Waals surface area contributed by atoms with Gasteiger partial charge in [-0.15, -0.1) is 0 Å². The highest BCUT2D eigenvalue weighted by molar-refractivity contribution is 5.73. The second-order valence-corrected chi connectivity index (χ2v) is 5.11. The van der Waals surface area contributed by atoms with Crippen molar-refractivity contribution in [1.82, 2.24) is 20.3 Å². The van der Waals surface area contributed by atoms with Gasteiger partial charge in [0.1, 0.15) is 0 Å². The molecule has 0 spiro atoms. The zero-order chi connectivity index (χ0) is 14.7. The van der Waals surface area contributed by atoms with E-state index in [1.807, 2.05) is 18.2 Å². The molecule has 3 rings (SSSR count). The Morgan fingerprint density at radius 3 is 2.86 bits per heavy atom. The molecular formula is C15H17N5O. The summed E-state index contributed by atoms with van der Waals surface area (Å²) >= 11 is 0. The Bertz CT molecular complexity index is 631. The highest BCUT2D eigenvalue weighted by Gasteiger charge is 2.24. The van der Waals surface area contributed by atoms with Gasteiger partial charge in [-0.1, -0.05) is 0 Å². The maximum absolute atomic E-state index is 11.1. The quantitative estimate of drug-likeness (QED) is 0.918. The van der Waals surface area contributed by atoms with Crippen molar-refractivity contribution < 1.29 is 4.79 Å². The number of aromatic nitrogens is 3. The molecule has 1 saturated heterocycles. The molecular weight excluding hydrogens is 266 g/mol. The Kier molecular flexibility index (Phi) is 3.77. The third-order valence-electron chi connectivity index (χ3n) is 3.50. The van der Waals surface area contributed by atoms with Gasteiger partial charge in [0.2, 0.25) is 11.9 Å². The first-order valence-electron chi connectivity index (χ1n) is 6.98. The number of rotatable bonds is 3. The number of anilines is 1. The molecule has 1 N–H and O–H groups in total. The van der Waals surface area contributed by atoms with Crippen LogP contribution in [0.1, 0.15) is 13.3 Å². The van der Waals surface area contributed by atoms with Crippen LogP contribution in [-0.2, 0) is 4.79 Å². The van der Waals surface area contributed by atoms with Gasteiger partial charge >= 0.3 is 0 Å². The molecule has 2 aromatic heterocycles. The lowest BCUT2D eigenvalue weighted by Crippen LogP contribution is -2.35. The molecule has 1 atom stereocenters. The highest BCUT2D eigenvalue weighted by Crippen LogP contribution is 2.20. The first-order valence-corrected chi connectivity index (χ1v) is 6.98. The van der Waals surface area contributed by atoms with E-state index in [0.29, 0.717) is 5.95 Å². The lowest BCUT2D eigenvalue weighted by Gasteiger charge is -2.17. The Balaban J connectivity index is 1.77. The van der Waals surface area contributed by atoms with Crippen molar-refractivity contribution in [2.75, 3.05) is 18.0 Å². The van der Waals surface area contributed by atoms with E-state index >= 15 is 0 Å². The van der Waals surface area contributed by atoms with Crippen LogP contribution in [-0.4, -0.2) is 40.0 Å². The van der Waals surface area contributed by atoms with E-state index in [9.17, 15) is 4.79 Å². The fourth-order valence-electron chi connectivity index (χ4n) is 2.53. The minimum absolute atomic E-state index is 0.00769. The number of hydrogen-bond donors (Lipinski definition) is 1. The molecule has 0 bridgehead atoms. The van der Waals surface area contributed by atoms with Crippen LogP contribution in [0.2, 0.25) is 0 Å². The average Bonchev–Trinajstić information content (AvgIpc) is 2.96. The standard InChI is InChI=1S/C15H17N5O/c1-11(21)18-13-5-9-20(10-13)15-17-8-4-14(19-15)12-2-6-16-7-3-12/h2-4,6-8,13H,5,9-10H2,1H3,(H,18,21)/t13-/m1/s1. The zero-order valence-corrected chi connectivity index (χ0v) is 11.9. The summed E-state index contributed by atoms with van der Waals surface area (Å²) in [6.45, 7) is 3.15. The van der Waals surface area contributed by atoms with Crippen molar-refractivity contribution >= 4 is 11.9 Å². The van der Waals surface area contributed by atoms with E-state index < -0.39 is 0 Å². The average molecular weight is 283 g/mol. The maximum Gasteiger partial charge on any atom is 0.225 e. The van der Waals surface area contributed by atoms with Gasteiger partial charge in [0.05, 0.1) is 5.69 Å². The summed E-state index contributed by atoms with van der Waals surface area (Å²) in [6.07, 6.45) is 6.19. The van der Waals surface area contributed by atoms with E-state index in [4.69, 9.17) is 0 Å². The Morgan fingerprint density at radius 2 is 2.10 bits per heavy atom. The van der Waals surface area contributed by atoms with Crippen molar-refractivity contribution in [3.05, 3.63) is 36.8 Å². The zero-order valence-electron chi connectivity index (χ0n) is 11.9. The molecule has 0 unspecified atom stereocenters. The van der Waals surface area contributed by atoms with Crippen LogP contribution < -0.4 is 10.2 Å². The van der Waals surface area contributed by atoms with Crippen LogP contribution in [0.4, 0.5) is 5.95 Å². The lowest BCUT2D eigenvalue weighted by atomic mass is 10.2. The fourth-order valence-corrected chi connectivity index (χ4v) is 2.53. The van der Waals surface area contributed by atoms with Crippen LogP contribution in [0.3, 0.4) is 0 Å². The van der Waals surface area contributed by atoms with Gasteiger partial charge in [-0.2, -0.15) is 0 Å². The summed E-state index contributed by atoms with van der Waals surface area (Å²) in [4.78, 5) is 26.2. The minimum atomic E-state index is 0.00769. The third-order valence-corrected chi connectivity index (χ3v) is 3.50. The van der Waals surface area contributed by atoms with Gasteiger partial charge in [-0.05, 0) is 24.6 Å². The molecule has 0 radical (unpaired) electrons. The molecule has 2 aromatic rings. The second-order valence-electron chi connectivity index (χ2n) is 5.11. The normalized spacial score (nSPS) is 17.8. The number of carbonyl (C=O) groups is 1. The van der Waals surface area contributed by atoms with Crippen LogP contribution in [0.15, 0.2) is 36.8 Å². The van der Waals surface area contributed by atoms with Gasteiger partial charge in [0.15, 0.2) is 0 Å². The molecule has 0 aromatic carbocycles. The number of pyridine rings is 1. The van der Waals surface area contributed by atoms with E-state index in [1.54, 1.807) is 25.5 Å².